The molecule has 33 heavy (non-hydrogen) atoms. The Hall–Kier alpha value is -3.52. The van der Waals surface area contributed by atoms with Crippen LogP contribution in [0.25, 0.3) is 0 Å². The van der Waals surface area contributed by atoms with Gasteiger partial charge in [-0.1, -0.05) is 35.9 Å². The van der Waals surface area contributed by atoms with Crippen molar-refractivity contribution in [2.24, 2.45) is 0 Å². The summed E-state index contributed by atoms with van der Waals surface area (Å²) in [6, 6.07) is 20.5. The van der Waals surface area contributed by atoms with E-state index in [2.05, 4.69) is 5.32 Å². The molecule has 1 N–H and O–H groups in total. The number of benzene rings is 3. The number of nitrogens with zero attached hydrogens (tertiary/aromatic N) is 1. The molecule has 0 heterocycles. The van der Waals surface area contributed by atoms with Crippen LogP contribution in [0.2, 0.25) is 0 Å². The van der Waals surface area contributed by atoms with Crippen molar-refractivity contribution in [2.75, 3.05) is 24.6 Å². The zero-order valence-corrected chi connectivity index (χ0v) is 19.8. The highest BCUT2D eigenvalue weighted by molar-refractivity contribution is 7.92. The molecule has 3 aromatic rings. The molecule has 174 valence electrons. The molecule has 8 heteroatoms. The lowest BCUT2D eigenvalue weighted by Crippen LogP contribution is -2.40. The van der Waals surface area contributed by atoms with Crippen molar-refractivity contribution in [1.82, 2.24) is 5.32 Å². The maximum Gasteiger partial charge on any atom is 0.264 e. The van der Waals surface area contributed by atoms with Gasteiger partial charge >= 0.3 is 0 Å². The summed E-state index contributed by atoms with van der Waals surface area (Å²) < 4.78 is 38.7. The number of ether oxygens (including phenoxy) is 2. The molecule has 3 rings (SSSR count). The molecule has 0 spiro atoms. The lowest BCUT2D eigenvalue weighted by Gasteiger charge is -2.24. The minimum atomic E-state index is -3.98. The molecule has 7 nitrogen and oxygen atoms in total. The van der Waals surface area contributed by atoms with Crippen molar-refractivity contribution >= 4 is 21.6 Å². The molecule has 1 amide bonds. The van der Waals surface area contributed by atoms with Gasteiger partial charge in [-0.05, 0) is 56.3 Å². The van der Waals surface area contributed by atoms with Crippen LogP contribution in [0.15, 0.2) is 77.7 Å². The predicted molar refractivity (Wildman–Crippen MR) is 128 cm³/mol. The number of sulfonamides is 1. The highest BCUT2D eigenvalue weighted by atomic mass is 32.2. The quantitative estimate of drug-likeness (QED) is 0.488. The monoisotopic (exact) mass is 468 g/mol. The summed E-state index contributed by atoms with van der Waals surface area (Å²) in [6.45, 7) is 4.11. The molecule has 0 radical (unpaired) electrons. The summed E-state index contributed by atoms with van der Waals surface area (Å²) in [5, 5.41) is 2.80. The maximum absolute atomic E-state index is 13.4. The van der Waals surface area contributed by atoms with Crippen LogP contribution in [0.5, 0.6) is 11.5 Å². The molecule has 0 atom stereocenters. The largest absolute Gasteiger partial charge is 0.497 e. The number of para-hydroxylation sites is 1. The fourth-order valence-corrected chi connectivity index (χ4v) is 4.65. The van der Waals surface area contributed by atoms with E-state index in [1.165, 1.54) is 19.2 Å². The van der Waals surface area contributed by atoms with E-state index >= 15 is 0 Å². The summed E-state index contributed by atoms with van der Waals surface area (Å²) in [5.41, 5.74) is 2.11. The first-order chi connectivity index (χ1) is 15.8. The predicted octanol–water partition coefficient (Wildman–Crippen LogP) is 3.91. The van der Waals surface area contributed by atoms with E-state index in [9.17, 15) is 13.2 Å². The summed E-state index contributed by atoms with van der Waals surface area (Å²) in [7, 11) is -2.45. The molecule has 0 aliphatic rings. The van der Waals surface area contributed by atoms with E-state index in [0.29, 0.717) is 23.8 Å². The molecule has 0 saturated carbocycles. The van der Waals surface area contributed by atoms with Crippen LogP contribution in [-0.4, -0.2) is 34.6 Å². The Labute approximate surface area is 195 Å². The Morgan fingerprint density at radius 2 is 1.64 bits per heavy atom. The Morgan fingerprint density at radius 3 is 2.27 bits per heavy atom. The lowest BCUT2D eigenvalue weighted by molar-refractivity contribution is -0.119. The molecule has 0 bridgehead atoms. The highest BCUT2D eigenvalue weighted by Gasteiger charge is 2.27. The van der Waals surface area contributed by atoms with E-state index in [1.807, 2.05) is 38.1 Å². The number of rotatable bonds is 10. The van der Waals surface area contributed by atoms with Crippen LogP contribution in [-0.2, 0) is 21.4 Å². The highest BCUT2D eigenvalue weighted by Crippen LogP contribution is 2.26. The van der Waals surface area contributed by atoms with Gasteiger partial charge in [0.2, 0.25) is 5.91 Å². The van der Waals surface area contributed by atoms with Crippen LogP contribution in [0, 0.1) is 6.92 Å². The fourth-order valence-electron chi connectivity index (χ4n) is 3.23. The molecule has 3 aromatic carbocycles. The first-order valence-electron chi connectivity index (χ1n) is 10.6. The van der Waals surface area contributed by atoms with Gasteiger partial charge in [0, 0.05) is 12.1 Å². The maximum atomic E-state index is 13.4. The van der Waals surface area contributed by atoms with Crippen molar-refractivity contribution < 1.29 is 22.7 Å². The Kier molecular flexibility index (Phi) is 7.95. The summed E-state index contributed by atoms with van der Waals surface area (Å²) >= 11 is 0. The Balaban J connectivity index is 1.85. The molecule has 0 unspecified atom stereocenters. The average molecular weight is 469 g/mol. The molecule has 0 aliphatic carbocycles. The Morgan fingerprint density at radius 1 is 0.970 bits per heavy atom. The van der Waals surface area contributed by atoms with Crippen molar-refractivity contribution in [1.29, 1.82) is 0 Å². The summed E-state index contributed by atoms with van der Waals surface area (Å²) in [4.78, 5) is 13.0. The van der Waals surface area contributed by atoms with Gasteiger partial charge in [0.25, 0.3) is 10.0 Å². The summed E-state index contributed by atoms with van der Waals surface area (Å²) in [6.07, 6.45) is 0. The number of hydrogen-bond donors (Lipinski definition) is 1. The van der Waals surface area contributed by atoms with E-state index in [0.717, 1.165) is 15.4 Å². The summed E-state index contributed by atoms with van der Waals surface area (Å²) in [5.74, 6) is 0.829. The van der Waals surface area contributed by atoms with Crippen molar-refractivity contribution in [2.45, 2.75) is 25.3 Å². The third-order valence-electron chi connectivity index (χ3n) is 5.01. The number of amides is 1. The average Bonchev–Trinajstić information content (AvgIpc) is 2.82. The number of carbonyl (C=O) groups is 1. The zero-order chi connectivity index (χ0) is 23.8. The van der Waals surface area contributed by atoms with E-state index in [4.69, 9.17) is 9.47 Å². The third kappa shape index (κ3) is 6.04. The number of carbonyl (C=O) groups excluding carboxylic acids is 1. The van der Waals surface area contributed by atoms with Crippen LogP contribution in [0.3, 0.4) is 0 Å². The smallest absolute Gasteiger partial charge is 0.264 e. The van der Waals surface area contributed by atoms with E-state index < -0.39 is 15.9 Å². The SMILES string of the molecule is CCOc1ccccc1CNC(=O)CN(c1ccc(OC)cc1)S(=O)(=O)c1ccc(C)cc1. The number of anilines is 1. The van der Waals surface area contributed by atoms with Gasteiger partial charge in [0.15, 0.2) is 0 Å². The van der Waals surface area contributed by atoms with E-state index in [-0.39, 0.29) is 18.0 Å². The third-order valence-corrected chi connectivity index (χ3v) is 6.79. The first kappa shape index (κ1) is 24.1. The fraction of sp³-hybridized carbons (Fsp3) is 0.240. The molecule has 0 aromatic heterocycles. The standard InChI is InChI=1S/C25H28N2O5S/c1-4-32-24-8-6-5-7-20(24)17-26-25(28)18-27(21-11-13-22(31-3)14-12-21)33(29,30)23-15-9-19(2)10-16-23/h5-16H,4,17-18H2,1-3H3,(H,26,28). The zero-order valence-electron chi connectivity index (χ0n) is 18.9. The molecule has 0 aliphatic heterocycles. The van der Waals surface area contributed by atoms with Gasteiger partial charge in [0.1, 0.15) is 18.0 Å². The van der Waals surface area contributed by atoms with Crippen molar-refractivity contribution in [3.8, 4) is 11.5 Å². The van der Waals surface area contributed by atoms with Crippen molar-refractivity contribution in [3.05, 3.63) is 83.9 Å². The first-order valence-corrected chi connectivity index (χ1v) is 12.0. The number of aryl methyl sites for hydroxylation is 1. The Bertz CT molecular complexity index is 1180. The minimum absolute atomic E-state index is 0.110. The van der Waals surface area contributed by atoms with Gasteiger partial charge in [0.05, 0.1) is 24.3 Å². The number of hydrogen-bond acceptors (Lipinski definition) is 5. The van der Waals surface area contributed by atoms with Gasteiger partial charge in [-0.2, -0.15) is 0 Å². The minimum Gasteiger partial charge on any atom is -0.497 e. The van der Waals surface area contributed by atoms with Crippen LogP contribution < -0.4 is 19.1 Å². The number of methoxy groups -OCH3 is 1. The van der Waals surface area contributed by atoms with Crippen molar-refractivity contribution in [3.63, 3.8) is 0 Å². The van der Waals surface area contributed by atoms with Gasteiger partial charge in [-0.3, -0.25) is 9.10 Å². The normalized spacial score (nSPS) is 11.0. The molecule has 0 fully saturated rings. The number of nitrogens with one attached hydrogen (secondary N) is 1. The molecular formula is C25H28N2O5S. The van der Waals surface area contributed by atoms with Crippen LogP contribution in [0.1, 0.15) is 18.1 Å². The second kappa shape index (κ2) is 10.9. The van der Waals surface area contributed by atoms with Gasteiger partial charge < -0.3 is 14.8 Å². The van der Waals surface area contributed by atoms with E-state index in [1.54, 1.807) is 36.4 Å². The van der Waals surface area contributed by atoms with Crippen LogP contribution >= 0.6 is 0 Å². The van der Waals surface area contributed by atoms with Gasteiger partial charge in [-0.25, -0.2) is 8.42 Å². The lowest BCUT2D eigenvalue weighted by atomic mass is 10.2. The van der Waals surface area contributed by atoms with Crippen LogP contribution in [0.4, 0.5) is 5.69 Å². The molecular weight excluding hydrogens is 440 g/mol. The molecule has 0 saturated heterocycles. The second-order valence-electron chi connectivity index (χ2n) is 7.34. The van der Waals surface area contributed by atoms with Gasteiger partial charge in [-0.15, -0.1) is 0 Å². The topological polar surface area (TPSA) is 84.9 Å². The second-order valence-corrected chi connectivity index (χ2v) is 9.20.